The summed E-state index contributed by atoms with van der Waals surface area (Å²) in [6.45, 7) is 2.29. The SMILES string of the molecule is CN(C)CCN(C)C.[Br][Zn][Br]. The van der Waals surface area contributed by atoms with Gasteiger partial charge < -0.3 is 9.80 Å². The van der Waals surface area contributed by atoms with Crippen molar-refractivity contribution in [3.05, 3.63) is 0 Å². The zero-order valence-electron chi connectivity index (χ0n) is 7.77. The second kappa shape index (κ2) is 11.5. The van der Waals surface area contributed by atoms with Gasteiger partial charge in [0.05, 0.1) is 0 Å². The molecular weight excluding hydrogens is 325 g/mol. The van der Waals surface area contributed by atoms with Gasteiger partial charge in [-0.1, -0.05) is 0 Å². The fourth-order valence-electron chi connectivity index (χ4n) is 0.400. The number of likely N-dealkylation sites (N-methyl/N-ethyl adjacent to an activating group) is 2. The quantitative estimate of drug-likeness (QED) is 0.723. The summed E-state index contributed by atoms with van der Waals surface area (Å²) in [7, 11) is 8.35. The van der Waals surface area contributed by atoms with Crippen LogP contribution in [0.3, 0.4) is 0 Å². The monoisotopic (exact) mass is 338 g/mol. The van der Waals surface area contributed by atoms with Gasteiger partial charge in [0, 0.05) is 13.1 Å². The maximum atomic E-state index is 3.25. The van der Waals surface area contributed by atoms with Crippen LogP contribution in [-0.2, 0) is 13.2 Å². The molecule has 0 aromatic rings. The Morgan fingerprint density at radius 2 is 1.09 bits per heavy atom. The van der Waals surface area contributed by atoms with Crippen molar-refractivity contribution in [3.8, 4) is 0 Å². The Kier molecular flexibility index (Phi) is 15.7. The van der Waals surface area contributed by atoms with Crippen LogP contribution in [0.4, 0.5) is 0 Å². The van der Waals surface area contributed by atoms with E-state index < -0.39 is 0 Å². The molecule has 0 saturated carbocycles. The Balaban J connectivity index is 0. The van der Waals surface area contributed by atoms with Gasteiger partial charge in [-0.2, -0.15) is 0 Å². The third-order valence-electron chi connectivity index (χ3n) is 0.994. The molecule has 0 atom stereocenters. The Bertz CT molecular complexity index is 63.6. The van der Waals surface area contributed by atoms with Gasteiger partial charge in [-0.3, -0.25) is 0 Å². The molecular formula is C6H16Br2N2Zn. The van der Waals surface area contributed by atoms with Crippen LogP contribution in [0.25, 0.3) is 0 Å². The Labute approximate surface area is 91.0 Å². The fourth-order valence-corrected chi connectivity index (χ4v) is 0.400. The predicted molar refractivity (Wildman–Crippen MR) is 55.0 cm³/mol. The van der Waals surface area contributed by atoms with E-state index in [1.807, 2.05) is 0 Å². The van der Waals surface area contributed by atoms with E-state index in [9.17, 15) is 0 Å². The molecule has 0 radical (unpaired) electrons. The van der Waals surface area contributed by atoms with Gasteiger partial charge in [-0.15, -0.1) is 0 Å². The van der Waals surface area contributed by atoms with E-state index in [0.29, 0.717) is 0 Å². The molecule has 0 spiro atoms. The molecule has 11 heavy (non-hydrogen) atoms. The van der Waals surface area contributed by atoms with E-state index in [4.69, 9.17) is 0 Å². The van der Waals surface area contributed by atoms with Crippen molar-refractivity contribution in [1.29, 1.82) is 0 Å². The molecule has 66 valence electrons. The van der Waals surface area contributed by atoms with Crippen LogP contribution in [-0.4, -0.2) is 51.1 Å². The summed E-state index contributed by atoms with van der Waals surface area (Å²) < 4.78 is 0. The summed E-state index contributed by atoms with van der Waals surface area (Å²) in [5.74, 6) is 0. The van der Waals surface area contributed by atoms with Gasteiger partial charge in [-0.05, 0) is 28.2 Å². The molecule has 0 aromatic carbocycles. The number of hydrogen-bond donors (Lipinski definition) is 0. The molecule has 0 aliphatic rings. The summed E-state index contributed by atoms with van der Waals surface area (Å²) in [6, 6.07) is 0. The normalized spacial score (nSPS) is 9.09. The van der Waals surface area contributed by atoms with E-state index in [1.165, 1.54) is 0 Å². The van der Waals surface area contributed by atoms with E-state index >= 15 is 0 Å². The molecule has 0 fully saturated rings. The zero-order valence-corrected chi connectivity index (χ0v) is 13.9. The third-order valence-corrected chi connectivity index (χ3v) is 0.994. The first-order chi connectivity index (χ1) is 5.04. The molecule has 0 bridgehead atoms. The standard InChI is InChI=1S/C6H16N2.2BrH.Zn/c1-7(2)5-6-8(3)4;;;/h5-6H2,1-4H3;2*1H;/q;;;+2/p-2. The van der Waals surface area contributed by atoms with Crippen molar-refractivity contribution in [2.75, 3.05) is 41.3 Å². The Morgan fingerprint density at radius 3 is 1.18 bits per heavy atom. The molecule has 0 saturated heterocycles. The van der Waals surface area contributed by atoms with Crippen molar-refractivity contribution < 1.29 is 13.2 Å². The van der Waals surface area contributed by atoms with E-state index in [-0.39, 0.29) is 13.2 Å². The average molecular weight is 341 g/mol. The first-order valence-corrected chi connectivity index (χ1v) is 17.4. The molecule has 0 amide bonds. The second-order valence-corrected chi connectivity index (χ2v) is 16.8. The molecule has 0 rings (SSSR count). The molecule has 0 aromatic heterocycles. The molecule has 2 nitrogen and oxygen atoms in total. The summed E-state index contributed by atoms with van der Waals surface area (Å²) in [5.41, 5.74) is 0. The molecule has 0 heterocycles. The van der Waals surface area contributed by atoms with Gasteiger partial charge in [0.25, 0.3) is 0 Å². The van der Waals surface area contributed by atoms with Crippen LogP contribution in [0.1, 0.15) is 0 Å². The number of nitrogens with zero attached hydrogens (tertiary/aromatic N) is 2. The summed E-state index contributed by atoms with van der Waals surface area (Å²) in [4.78, 5) is 4.36. The molecule has 0 aliphatic carbocycles. The van der Waals surface area contributed by atoms with E-state index in [0.717, 1.165) is 13.1 Å². The summed E-state index contributed by atoms with van der Waals surface area (Å²) >= 11 is 6.25. The zero-order chi connectivity index (χ0) is 9.28. The van der Waals surface area contributed by atoms with Crippen molar-refractivity contribution in [3.63, 3.8) is 0 Å². The Hall–Kier alpha value is 1.50. The first kappa shape index (κ1) is 15.0. The van der Waals surface area contributed by atoms with Crippen LogP contribution >= 0.6 is 27.2 Å². The topological polar surface area (TPSA) is 6.48 Å². The van der Waals surface area contributed by atoms with Gasteiger partial charge >= 0.3 is 40.5 Å². The molecule has 0 N–H and O–H groups in total. The van der Waals surface area contributed by atoms with Crippen LogP contribution in [0, 0.1) is 0 Å². The van der Waals surface area contributed by atoms with Crippen molar-refractivity contribution in [2.45, 2.75) is 0 Å². The predicted octanol–water partition coefficient (Wildman–Crippen LogP) is 1.80. The fraction of sp³-hybridized carbons (Fsp3) is 1.00. The van der Waals surface area contributed by atoms with Crippen LogP contribution in [0.15, 0.2) is 0 Å². The maximum absolute atomic E-state index is 3.25. The third kappa shape index (κ3) is 24.6. The van der Waals surface area contributed by atoms with Gasteiger partial charge in [0.2, 0.25) is 0 Å². The van der Waals surface area contributed by atoms with Crippen molar-refractivity contribution in [1.82, 2.24) is 9.80 Å². The van der Waals surface area contributed by atoms with Gasteiger partial charge in [0.15, 0.2) is 0 Å². The van der Waals surface area contributed by atoms with Crippen LogP contribution in [0.2, 0.25) is 0 Å². The molecule has 5 heteroatoms. The summed E-state index contributed by atoms with van der Waals surface area (Å²) in [5, 5.41) is 0. The minimum atomic E-state index is -0.250. The van der Waals surface area contributed by atoms with Gasteiger partial charge in [-0.25, -0.2) is 0 Å². The van der Waals surface area contributed by atoms with Crippen molar-refractivity contribution in [2.24, 2.45) is 0 Å². The van der Waals surface area contributed by atoms with Crippen molar-refractivity contribution >= 4 is 27.2 Å². The summed E-state index contributed by atoms with van der Waals surface area (Å²) in [6.07, 6.45) is 0. The number of rotatable bonds is 3. The average Bonchev–Trinajstić information content (AvgIpc) is 1.85. The van der Waals surface area contributed by atoms with E-state index in [1.54, 1.807) is 0 Å². The Morgan fingerprint density at radius 1 is 0.909 bits per heavy atom. The molecule has 0 unspecified atom stereocenters. The number of hydrogen-bond acceptors (Lipinski definition) is 2. The van der Waals surface area contributed by atoms with Gasteiger partial charge in [0.1, 0.15) is 0 Å². The minimum absolute atomic E-state index is 0.250. The van der Waals surface area contributed by atoms with E-state index in [2.05, 4.69) is 65.2 Å². The molecule has 0 aliphatic heterocycles. The van der Waals surface area contributed by atoms with Crippen LogP contribution in [0.5, 0.6) is 0 Å². The second-order valence-electron chi connectivity index (χ2n) is 2.71. The van der Waals surface area contributed by atoms with Crippen LogP contribution < -0.4 is 0 Å². The number of halogens is 2. The first-order valence-electron chi connectivity index (χ1n) is 3.46.